The molecule has 2 N–H and O–H groups in total. The van der Waals surface area contributed by atoms with E-state index in [1.807, 2.05) is 30.3 Å². The Morgan fingerprint density at radius 3 is 2.70 bits per heavy atom. The largest absolute Gasteiger partial charge is 0.496 e. The second-order valence-electron chi connectivity index (χ2n) is 5.83. The summed E-state index contributed by atoms with van der Waals surface area (Å²) in [5, 5.41) is 5.22. The number of hydrogen-bond donors (Lipinski definition) is 1. The van der Waals surface area contributed by atoms with Crippen LogP contribution >= 0.6 is 0 Å². The number of nitrogens with zero attached hydrogens (tertiary/aromatic N) is 1. The Bertz CT molecular complexity index is 833. The van der Waals surface area contributed by atoms with Gasteiger partial charge in [-0.15, -0.1) is 0 Å². The van der Waals surface area contributed by atoms with Crippen molar-refractivity contribution in [1.29, 1.82) is 0 Å². The zero-order valence-electron chi connectivity index (χ0n) is 13.2. The molecule has 0 aromatic heterocycles. The number of fused-ring (bicyclic) bond motifs is 1. The maximum Gasteiger partial charge on any atom is 0.238 e. The van der Waals surface area contributed by atoms with Gasteiger partial charge >= 0.3 is 0 Å². The molecular formula is C17H20N2O3S. The standard InChI is InChI=1S/C17H20N2O3S/c1-12-9-14-10-15(23(18,20)21)7-8-16(14)19(12)11-13-5-3-4-6-17(13)22-2/h3-8,10,12H,9,11H2,1-2H3,(H2,18,20,21)/t12-/m1/s1. The molecule has 2 aromatic carbocycles. The molecule has 5 nitrogen and oxygen atoms in total. The number of rotatable bonds is 4. The molecule has 0 unspecified atom stereocenters. The van der Waals surface area contributed by atoms with Crippen LogP contribution in [0.1, 0.15) is 18.1 Å². The molecule has 0 fully saturated rings. The molecule has 0 saturated heterocycles. The lowest BCUT2D eigenvalue weighted by Crippen LogP contribution is -2.28. The summed E-state index contributed by atoms with van der Waals surface area (Å²) in [7, 11) is -2.00. The number of anilines is 1. The van der Waals surface area contributed by atoms with Crippen LogP contribution in [0.4, 0.5) is 5.69 Å². The van der Waals surface area contributed by atoms with Gasteiger partial charge in [-0.2, -0.15) is 0 Å². The van der Waals surface area contributed by atoms with Crippen LogP contribution in [-0.4, -0.2) is 21.6 Å². The third-order valence-electron chi connectivity index (χ3n) is 4.27. The van der Waals surface area contributed by atoms with Crippen LogP contribution in [0.15, 0.2) is 47.4 Å². The number of ether oxygens (including phenoxy) is 1. The van der Waals surface area contributed by atoms with E-state index in [1.165, 1.54) is 0 Å². The lowest BCUT2D eigenvalue weighted by atomic mass is 10.1. The predicted octanol–water partition coefficient (Wildman–Crippen LogP) is 2.29. The molecule has 0 radical (unpaired) electrons. The molecule has 0 bridgehead atoms. The average molecular weight is 332 g/mol. The molecule has 1 aliphatic rings. The van der Waals surface area contributed by atoms with Crippen LogP contribution < -0.4 is 14.8 Å². The van der Waals surface area contributed by atoms with Crippen molar-refractivity contribution in [2.45, 2.75) is 30.8 Å². The van der Waals surface area contributed by atoms with Crippen LogP contribution in [0.2, 0.25) is 0 Å². The molecule has 23 heavy (non-hydrogen) atoms. The average Bonchev–Trinajstić information content (AvgIpc) is 2.82. The van der Waals surface area contributed by atoms with Crippen LogP contribution in [-0.2, 0) is 23.0 Å². The number of para-hydroxylation sites is 1. The molecule has 0 aliphatic carbocycles. The molecule has 1 atom stereocenters. The minimum Gasteiger partial charge on any atom is -0.496 e. The first kappa shape index (κ1) is 15.8. The van der Waals surface area contributed by atoms with Crippen LogP contribution in [0.25, 0.3) is 0 Å². The highest BCUT2D eigenvalue weighted by Gasteiger charge is 2.27. The first-order valence-electron chi connectivity index (χ1n) is 7.44. The number of nitrogens with two attached hydrogens (primary N) is 1. The summed E-state index contributed by atoms with van der Waals surface area (Å²) >= 11 is 0. The van der Waals surface area contributed by atoms with Gasteiger partial charge < -0.3 is 9.64 Å². The number of sulfonamides is 1. The lowest BCUT2D eigenvalue weighted by Gasteiger charge is -2.26. The SMILES string of the molecule is COc1ccccc1CN1c2ccc(S(N)(=O)=O)cc2C[C@H]1C. The third kappa shape index (κ3) is 3.04. The number of primary sulfonamides is 1. The van der Waals surface area contributed by atoms with E-state index in [0.717, 1.165) is 29.0 Å². The Hall–Kier alpha value is -2.05. The second kappa shape index (κ2) is 5.86. The fourth-order valence-corrected chi connectivity index (χ4v) is 3.67. The fraction of sp³-hybridized carbons (Fsp3) is 0.294. The van der Waals surface area contributed by atoms with Gasteiger partial charge in [0.05, 0.1) is 12.0 Å². The molecule has 122 valence electrons. The van der Waals surface area contributed by atoms with E-state index < -0.39 is 10.0 Å². The van der Waals surface area contributed by atoms with E-state index in [4.69, 9.17) is 9.88 Å². The summed E-state index contributed by atoms with van der Waals surface area (Å²) in [6, 6.07) is 13.3. The predicted molar refractivity (Wildman–Crippen MR) is 90.2 cm³/mol. The molecule has 6 heteroatoms. The molecule has 1 aliphatic heterocycles. The molecule has 0 amide bonds. The maximum atomic E-state index is 11.5. The van der Waals surface area contributed by atoms with E-state index in [0.29, 0.717) is 6.54 Å². The van der Waals surface area contributed by atoms with Gasteiger partial charge in [0.15, 0.2) is 0 Å². The smallest absolute Gasteiger partial charge is 0.238 e. The van der Waals surface area contributed by atoms with E-state index in [1.54, 1.807) is 19.2 Å². The maximum absolute atomic E-state index is 11.5. The summed E-state index contributed by atoms with van der Waals surface area (Å²) < 4.78 is 28.5. The monoisotopic (exact) mass is 332 g/mol. The molecule has 3 rings (SSSR count). The van der Waals surface area contributed by atoms with Crippen molar-refractivity contribution in [1.82, 2.24) is 0 Å². The second-order valence-corrected chi connectivity index (χ2v) is 7.39. The molecule has 2 aromatic rings. The Morgan fingerprint density at radius 2 is 2.00 bits per heavy atom. The molecule has 0 spiro atoms. The zero-order chi connectivity index (χ0) is 16.6. The van der Waals surface area contributed by atoms with Gasteiger partial charge in [0, 0.05) is 23.8 Å². The minimum atomic E-state index is -3.67. The van der Waals surface area contributed by atoms with Crippen LogP contribution in [0.5, 0.6) is 5.75 Å². The van der Waals surface area contributed by atoms with E-state index in [2.05, 4.69) is 11.8 Å². The Labute approximate surface area is 136 Å². The summed E-state index contributed by atoms with van der Waals surface area (Å²) in [4.78, 5) is 2.43. The Morgan fingerprint density at radius 1 is 1.26 bits per heavy atom. The van der Waals surface area contributed by atoms with E-state index in [-0.39, 0.29) is 10.9 Å². The summed E-state index contributed by atoms with van der Waals surface area (Å²) in [5.74, 6) is 0.856. The summed E-state index contributed by atoms with van der Waals surface area (Å²) in [6.45, 7) is 2.85. The first-order valence-corrected chi connectivity index (χ1v) is 8.99. The molecule has 0 saturated carbocycles. The van der Waals surface area contributed by atoms with Crippen molar-refractivity contribution in [3.05, 3.63) is 53.6 Å². The van der Waals surface area contributed by atoms with Crippen LogP contribution in [0, 0.1) is 0 Å². The summed E-state index contributed by atoms with van der Waals surface area (Å²) in [6.07, 6.45) is 0.799. The topological polar surface area (TPSA) is 72.6 Å². The van der Waals surface area contributed by atoms with Crippen molar-refractivity contribution in [2.24, 2.45) is 5.14 Å². The summed E-state index contributed by atoms with van der Waals surface area (Å²) in [5.41, 5.74) is 3.17. The van der Waals surface area contributed by atoms with E-state index >= 15 is 0 Å². The normalized spacial score (nSPS) is 17.2. The number of methoxy groups -OCH3 is 1. The van der Waals surface area contributed by atoms with Crippen molar-refractivity contribution >= 4 is 15.7 Å². The highest BCUT2D eigenvalue weighted by Crippen LogP contribution is 2.35. The number of hydrogen-bond acceptors (Lipinski definition) is 4. The lowest BCUT2D eigenvalue weighted by molar-refractivity contribution is 0.408. The highest BCUT2D eigenvalue weighted by atomic mass is 32.2. The van der Waals surface area contributed by atoms with Crippen molar-refractivity contribution in [2.75, 3.05) is 12.0 Å². The first-order chi connectivity index (χ1) is 10.9. The van der Waals surface area contributed by atoms with Crippen molar-refractivity contribution in [3.63, 3.8) is 0 Å². The van der Waals surface area contributed by atoms with Crippen LogP contribution in [0.3, 0.4) is 0 Å². The molecule has 1 heterocycles. The number of benzene rings is 2. The fourth-order valence-electron chi connectivity index (χ4n) is 3.11. The van der Waals surface area contributed by atoms with Gasteiger partial charge in [-0.25, -0.2) is 13.6 Å². The van der Waals surface area contributed by atoms with Crippen molar-refractivity contribution < 1.29 is 13.2 Å². The van der Waals surface area contributed by atoms with E-state index in [9.17, 15) is 8.42 Å². The Balaban J connectivity index is 1.95. The third-order valence-corrected chi connectivity index (χ3v) is 5.18. The van der Waals surface area contributed by atoms with Gasteiger partial charge in [0.1, 0.15) is 5.75 Å². The minimum absolute atomic E-state index is 0.169. The highest BCUT2D eigenvalue weighted by molar-refractivity contribution is 7.89. The zero-order valence-corrected chi connectivity index (χ0v) is 14.0. The molecular weight excluding hydrogens is 312 g/mol. The van der Waals surface area contributed by atoms with Gasteiger partial charge in [-0.1, -0.05) is 18.2 Å². The quantitative estimate of drug-likeness (QED) is 0.932. The van der Waals surface area contributed by atoms with Gasteiger partial charge in [-0.3, -0.25) is 0 Å². The Kier molecular flexibility index (Phi) is 4.04. The van der Waals surface area contributed by atoms with Gasteiger partial charge in [0.2, 0.25) is 10.0 Å². The van der Waals surface area contributed by atoms with Gasteiger partial charge in [-0.05, 0) is 43.2 Å². The van der Waals surface area contributed by atoms with Gasteiger partial charge in [0.25, 0.3) is 0 Å². The van der Waals surface area contributed by atoms with Crippen molar-refractivity contribution in [3.8, 4) is 5.75 Å².